The molecule has 1 amide bonds. The van der Waals surface area contributed by atoms with Gasteiger partial charge < -0.3 is 25.7 Å². The van der Waals surface area contributed by atoms with Crippen LogP contribution in [-0.2, 0) is 14.3 Å². The number of ether oxygens (including phenoxy) is 1. The maximum absolute atomic E-state index is 14.6. The highest BCUT2D eigenvalue weighted by Gasteiger charge is 2.32. The van der Waals surface area contributed by atoms with E-state index in [1.807, 2.05) is 18.7 Å². The molecule has 4 atom stereocenters. The zero-order chi connectivity index (χ0) is 31.7. The van der Waals surface area contributed by atoms with Crippen LogP contribution in [0.5, 0.6) is 0 Å². The van der Waals surface area contributed by atoms with Crippen molar-refractivity contribution in [2.45, 2.75) is 71.7 Å². The largest absolute Gasteiger partial charge is 0.453 e. The fourth-order valence-corrected chi connectivity index (χ4v) is 5.25. The molecule has 4 N–H and O–H groups in total. The number of amides is 1. The summed E-state index contributed by atoms with van der Waals surface area (Å²) < 4.78 is 35.8. The van der Waals surface area contributed by atoms with Crippen molar-refractivity contribution in [3.05, 3.63) is 59.7 Å². The Morgan fingerprint density at radius 1 is 1.11 bits per heavy atom. The molecule has 5 rings (SSSR count). The maximum atomic E-state index is 14.6. The number of benzene rings is 1. The number of nitrogens with one attached hydrogen (secondary N) is 2. The monoisotopic (exact) mass is 609 g/mol. The Balaban J connectivity index is 1.34. The Kier molecular flexibility index (Phi) is 8.90. The molecular formula is C30H37F2N9O3. The Morgan fingerprint density at radius 2 is 1.89 bits per heavy atom. The topological polar surface area (TPSA) is 156 Å². The number of carbonyl (C=O) groups is 2. The van der Waals surface area contributed by atoms with Crippen LogP contribution in [0.3, 0.4) is 0 Å². The molecule has 1 saturated heterocycles. The number of esters is 1. The van der Waals surface area contributed by atoms with Gasteiger partial charge in [-0.3, -0.25) is 4.79 Å². The molecule has 0 saturated carbocycles. The molecular weight excluding hydrogens is 572 g/mol. The molecule has 4 heterocycles. The van der Waals surface area contributed by atoms with E-state index < -0.39 is 41.7 Å². The summed E-state index contributed by atoms with van der Waals surface area (Å²) in [5, 5.41) is 15.5. The molecule has 1 aliphatic rings. The first-order valence-electron chi connectivity index (χ1n) is 14.7. The van der Waals surface area contributed by atoms with Gasteiger partial charge in [0, 0.05) is 18.3 Å². The van der Waals surface area contributed by atoms with Gasteiger partial charge in [0.05, 0.1) is 23.8 Å². The third-order valence-corrected chi connectivity index (χ3v) is 7.90. The van der Waals surface area contributed by atoms with Crippen molar-refractivity contribution < 1.29 is 23.1 Å². The van der Waals surface area contributed by atoms with E-state index in [1.165, 1.54) is 6.07 Å². The number of halogens is 2. The minimum Gasteiger partial charge on any atom is -0.453 e. The lowest BCUT2D eigenvalue weighted by Gasteiger charge is -2.26. The van der Waals surface area contributed by atoms with E-state index in [4.69, 9.17) is 15.5 Å². The average Bonchev–Trinajstić information content (AvgIpc) is 3.75. The summed E-state index contributed by atoms with van der Waals surface area (Å²) in [7, 11) is 0. The number of anilines is 1. The fraction of sp³-hybridized carbons (Fsp3) is 0.467. The van der Waals surface area contributed by atoms with E-state index in [2.05, 4.69) is 25.6 Å². The van der Waals surface area contributed by atoms with Gasteiger partial charge in [-0.1, -0.05) is 27.7 Å². The van der Waals surface area contributed by atoms with Gasteiger partial charge >= 0.3 is 5.97 Å². The number of hydrogen-bond donors (Lipinski definition) is 3. The second kappa shape index (κ2) is 12.6. The highest BCUT2D eigenvalue weighted by atomic mass is 19.1. The van der Waals surface area contributed by atoms with Crippen LogP contribution in [-0.4, -0.2) is 60.3 Å². The molecule has 1 aromatic carbocycles. The average molecular weight is 610 g/mol. The Labute approximate surface area is 253 Å². The summed E-state index contributed by atoms with van der Waals surface area (Å²) in [6.45, 7) is 9.53. The van der Waals surface area contributed by atoms with Gasteiger partial charge in [0.15, 0.2) is 23.4 Å². The number of hydrogen-bond acceptors (Lipinski definition) is 9. The number of aromatic nitrogens is 6. The summed E-state index contributed by atoms with van der Waals surface area (Å²) in [5.74, 6) is -1.09. The van der Waals surface area contributed by atoms with Gasteiger partial charge in [0.2, 0.25) is 5.91 Å². The van der Waals surface area contributed by atoms with Gasteiger partial charge in [-0.25, -0.2) is 23.1 Å². The number of fused-ring (bicyclic) bond motifs is 1. The third kappa shape index (κ3) is 6.25. The third-order valence-electron chi connectivity index (χ3n) is 7.90. The van der Waals surface area contributed by atoms with Crippen molar-refractivity contribution in [1.29, 1.82) is 0 Å². The number of carbonyl (C=O) groups excluding carboxylic acids is 2. The van der Waals surface area contributed by atoms with Gasteiger partial charge in [-0.2, -0.15) is 5.10 Å². The van der Waals surface area contributed by atoms with E-state index in [-0.39, 0.29) is 23.7 Å². The zero-order valence-electron chi connectivity index (χ0n) is 25.3. The molecule has 0 radical (unpaired) electrons. The van der Waals surface area contributed by atoms with Gasteiger partial charge in [-0.05, 0) is 55.9 Å². The summed E-state index contributed by atoms with van der Waals surface area (Å²) >= 11 is 0. The molecule has 4 aromatic rings. The SMILES string of the molecule is CC(C)C(NC(=O)[C@@H](N)C(C)C)C(=O)O[C@@H](C)c1nnc(-c2cnn3ccc(N4CCC[C@@H]4c4cc(F)ccc4F)nc23)[nH]1. The number of rotatable bonds is 10. The number of nitrogens with two attached hydrogens (primary N) is 1. The Bertz CT molecular complexity index is 1650. The summed E-state index contributed by atoms with van der Waals surface area (Å²) in [6.07, 6.45) is 3.98. The van der Waals surface area contributed by atoms with Gasteiger partial charge in [0.1, 0.15) is 23.5 Å². The standard InChI is InChI=1S/C30H37F2N9O3/c1-15(2)24(33)29(42)36-25(16(3)4)30(43)44-17(5)26-37-27(39-38-26)20-14-34-41-12-10-23(35-28(20)41)40-11-6-7-22(40)19-13-18(31)8-9-21(19)32/h8-10,12-17,22,24-25H,6-7,11,33H2,1-5H3,(H,36,42)(H,37,38,39)/t17-,22+,24-,25?/m0/s1. The highest BCUT2D eigenvalue weighted by Crippen LogP contribution is 2.37. The first-order valence-corrected chi connectivity index (χ1v) is 14.7. The summed E-state index contributed by atoms with van der Waals surface area (Å²) in [5.41, 5.74) is 7.27. The lowest BCUT2D eigenvalue weighted by Crippen LogP contribution is -2.52. The van der Waals surface area contributed by atoms with Crippen LogP contribution < -0.4 is 16.0 Å². The van der Waals surface area contributed by atoms with E-state index in [0.717, 1.165) is 18.6 Å². The molecule has 0 bridgehead atoms. The van der Waals surface area contributed by atoms with E-state index in [1.54, 1.807) is 43.7 Å². The molecule has 12 nitrogen and oxygen atoms in total. The lowest BCUT2D eigenvalue weighted by molar-refractivity contribution is -0.154. The predicted octanol–water partition coefficient (Wildman–Crippen LogP) is 3.86. The van der Waals surface area contributed by atoms with E-state index in [0.29, 0.717) is 41.4 Å². The van der Waals surface area contributed by atoms with Crippen molar-refractivity contribution in [2.75, 3.05) is 11.4 Å². The summed E-state index contributed by atoms with van der Waals surface area (Å²) in [6, 6.07) is 3.27. The van der Waals surface area contributed by atoms with Crippen LogP contribution in [0.4, 0.5) is 14.6 Å². The first-order chi connectivity index (χ1) is 20.9. The highest BCUT2D eigenvalue weighted by molar-refractivity contribution is 5.87. The molecule has 3 aromatic heterocycles. The molecule has 14 heteroatoms. The fourth-order valence-electron chi connectivity index (χ4n) is 5.25. The number of nitrogens with zero attached hydrogens (tertiary/aromatic N) is 6. The molecule has 0 spiro atoms. The van der Waals surface area contributed by atoms with Crippen molar-refractivity contribution >= 4 is 23.3 Å². The van der Waals surface area contributed by atoms with Crippen LogP contribution in [0, 0.1) is 23.5 Å². The minimum atomic E-state index is -0.894. The molecule has 0 aliphatic carbocycles. The first kappa shape index (κ1) is 31.0. The normalized spacial score (nSPS) is 17.3. The minimum absolute atomic E-state index is 0.0935. The lowest BCUT2D eigenvalue weighted by atomic mass is 10.0. The van der Waals surface area contributed by atoms with Crippen LogP contribution in [0.1, 0.15) is 71.0 Å². The molecule has 1 unspecified atom stereocenters. The van der Waals surface area contributed by atoms with Crippen LogP contribution >= 0.6 is 0 Å². The zero-order valence-corrected chi connectivity index (χ0v) is 25.3. The van der Waals surface area contributed by atoms with Crippen LogP contribution in [0.25, 0.3) is 17.0 Å². The number of H-pyrrole nitrogens is 1. The van der Waals surface area contributed by atoms with Crippen LogP contribution in [0.2, 0.25) is 0 Å². The van der Waals surface area contributed by atoms with Crippen molar-refractivity contribution in [1.82, 2.24) is 35.1 Å². The molecule has 44 heavy (non-hydrogen) atoms. The quantitative estimate of drug-likeness (QED) is 0.227. The molecule has 234 valence electrons. The molecule has 1 fully saturated rings. The second-order valence-electron chi connectivity index (χ2n) is 11.8. The van der Waals surface area contributed by atoms with Crippen molar-refractivity contribution in [3.8, 4) is 11.4 Å². The van der Waals surface area contributed by atoms with Gasteiger partial charge in [-0.15, -0.1) is 10.2 Å². The van der Waals surface area contributed by atoms with E-state index in [9.17, 15) is 18.4 Å². The van der Waals surface area contributed by atoms with Crippen molar-refractivity contribution in [2.24, 2.45) is 17.6 Å². The Hall–Kier alpha value is -4.46. The van der Waals surface area contributed by atoms with Crippen LogP contribution in [0.15, 0.2) is 36.7 Å². The second-order valence-corrected chi connectivity index (χ2v) is 11.8. The van der Waals surface area contributed by atoms with Crippen molar-refractivity contribution in [3.63, 3.8) is 0 Å². The summed E-state index contributed by atoms with van der Waals surface area (Å²) in [4.78, 5) is 35.4. The predicted molar refractivity (Wildman–Crippen MR) is 158 cm³/mol. The smallest absolute Gasteiger partial charge is 0.329 e. The number of aromatic amines is 1. The Morgan fingerprint density at radius 3 is 2.61 bits per heavy atom. The maximum Gasteiger partial charge on any atom is 0.329 e. The van der Waals surface area contributed by atoms with Gasteiger partial charge in [0.25, 0.3) is 0 Å². The van der Waals surface area contributed by atoms with E-state index >= 15 is 0 Å². The molecule has 1 aliphatic heterocycles.